The third-order valence-electron chi connectivity index (χ3n) is 9.06. The summed E-state index contributed by atoms with van der Waals surface area (Å²) in [6.45, 7) is 4.60. The topological polar surface area (TPSA) is 102 Å². The lowest BCUT2D eigenvalue weighted by molar-refractivity contribution is -0.889. The average Bonchev–Trinajstić information content (AvgIpc) is 3.06. The number of likely N-dealkylation sites (N-methyl/N-ethyl adjacent to an activating group) is 1. The van der Waals surface area contributed by atoms with E-state index in [1.165, 1.54) is 77.0 Å². The van der Waals surface area contributed by atoms with Crippen molar-refractivity contribution in [2.45, 2.75) is 187 Å². The summed E-state index contributed by atoms with van der Waals surface area (Å²) in [7, 11) is 5.39. The summed E-state index contributed by atoms with van der Waals surface area (Å²) >= 11 is 0. The Morgan fingerprint density at radius 1 is 0.580 bits per heavy atom. The van der Waals surface area contributed by atoms with E-state index in [-0.39, 0.29) is 42.7 Å². The number of esters is 2. The predicted molar refractivity (Wildman–Crippen MR) is 204 cm³/mol. The number of carboxylic acids is 1. The van der Waals surface area contributed by atoms with E-state index < -0.39 is 18.1 Å². The van der Waals surface area contributed by atoms with Gasteiger partial charge >= 0.3 is 11.9 Å². The lowest BCUT2D eigenvalue weighted by Gasteiger charge is -2.34. The van der Waals surface area contributed by atoms with Gasteiger partial charge in [-0.1, -0.05) is 115 Å². The molecule has 0 amide bonds. The molecule has 0 aliphatic rings. The third-order valence-corrected chi connectivity index (χ3v) is 9.06. The van der Waals surface area contributed by atoms with Crippen LogP contribution in [-0.4, -0.2) is 75.5 Å². The highest BCUT2D eigenvalue weighted by Crippen LogP contribution is 2.13. The lowest BCUT2D eigenvalue weighted by atomic mass is 10.1. The standard InChI is InChI=1S/C42H77NO7/c1-6-8-10-12-14-16-18-20-21-23-25-27-29-31-33-41(45)50-38(36-48-35-34-39(42(46)47)43(3,4)5)37-49-40(44)32-30-28-26-24-22-19-17-15-13-11-9-7-2/h15,17,21,23,38-39H,6-14,16,18-20,22,24-37H2,1-5H3/b17-15+,23-21+. The van der Waals surface area contributed by atoms with Crippen LogP contribution in [0.3, 0.4) is 0 Å². The van der Waals surface area contributed by atoms with E-state index in [4.69, 9.17) is 14.2 Å². The van der Waals surface area contributed by atoms with Crippen LogP contribution < -0.4 is 5.11 Å². The fourth-order valence-corrected chi connectivity index (χ4v) is 5.82. The van der Waals surface area contributed by atoms with E-state index in [2.05, 4.69) is 38.2 Å². The Hall–Kier alpha value is -2.19. The first-order valence-corrected chi connectivity index (χ1v) is 20.4. The molecule has 0 aliphatic heterocycles. The normalized spacial score (nSPS) is 13.2. The minimum atomic E-state index is -1.13. The maximum atomic E-state index is 12.7. The van der Waals surface area contributed by atoms with Gasteiger partial charge in [0.05, 0.1) is 40.3 Å². The van der Waals surface area contributed by atoms with Gasteiger partial charge in [0.25, 0.3) is 0 Å². The molecular weight excluding hydrogens is 630 g/mol. The molecule has 0 heterocycles. The molecule has 8 nitrogen and oxygen atoms in total. The summed E-state index contributed by atoms with van der Waals surface area (Å²) < 4.78 is 17.1. The Balaban J connectivity index is 4.43. The molecule has 0 radical (unpaired) electrons. The molecule has 0 saturated heterocycles. The van der Waals surface area contributed by atoms with Crippen LogP contribution in [0.5, 0.6) is 0 Å². The SMILES string of the molecule is CCCCC/C=C/CCCCCCCC(=O)OCC(COCCC(C(=O)[O-])[N+](C)(C)C)OC(=O)CCCCC/C=C/CCCCCCCCC. The second-order valence-electron chi connectivity index (χ2n) is 14.9. The molecule has 2 unspecified atom stereocenters. The first-order chi connectivity index (χ1) is 24.1. The van der Waals surface area contributed by atoms with Crippen LogP contribution in [0, 0.1) is 0 Å². The molecule has 2 atom stereocenters. The molecule has 0 bridgehead atoms. The number of carbonyl (C=O) groups is 3. The molecule has 0 fully saturated rings. The number of allylic oxidation sites excluding steroid dienone is 4. The van der Waals surface area contributed by atoms with E-state index >= 15 is 0 Å². The van der Waals surface area contributed by atoms with Crippen molar-refractivity contribution in [2.75, 3.05) is 41.0 Å². The number of nitrogens with zero attached hydrogens (tertiary/aromatic N) is 1. The monoisotopic (exact) mass is 708 g/mol. The zero-order valence-corrected chi connectivity index (χ0v) is 33.1. The molecular formula is C42H77NO7. The Labute approximate surface area is 307 Å². The van der Waals surface area contributed by atoms with Gasteiger partial charge in [-0.3, -0.25) is 9.59 Å². The Kier molecular flexibility index (Phi) is 32.4. The first kappa shape index (κ1) is 47.8. The van der Waals surface area contributed by atoms with Crippen molar-refractivity contribution in [3.63, 3.8) is 0 Å². The van der Waals surface area contributed by atoms with E-state index in [0.29, 0.717) is 12.8 Å². The van der Waals surface area contributed by atoms with Crippen LogP contribution in [0.25, 0.3) is 0 Å². The second-order valence-corrected chi connectivity index (χ2v) is 14.9. The predicted octanol–water partition coefficient (Wildman–Crippen LogP) is 9.19. The molecule has 8 heteroatoms. The minimum absolute atomic E-state index is 0.0342. The summed E-state index contributed by atoms with van der Waals surface area (Å²) in [4.78, 5) is 36.7. The number of ether oxygens (including phenoxy) is 3. The van der Waals surface area contributed by atoms with Crippen molar-refractivity contribution in [3.05, 3.63) is 24.3 Å². The molecule has 0 saturated carbocycles. The minimum Gasteiger partial charge on any atom is -0.544 e. The van der Waals surface area contributed by atoms with Gasteiger partial charge in [-0.2, -0.15) is 0 Å². The van der Waals surface area contributed by atoms with Crippen molar-refractivity contribution < 1.29 is 38.2 Å². The number of hydrogen-bond acceptors (Lipinski definition) is 7. The fourth-order valence-electron chi connectivity index (χ4n) is 5.82. The third kappa shape index (κ3) is 31.8. The summed E-state index contributed by atoms with van der Waals surface area (Å²) in [5, 5.41) is 11.6. The van der Waals surface area contributed by atoms with Gasteiger partial charge in [-0.05, 0) is 64.2 Å². The van der Waals surface area contributed by atoms with Crippen LogP contribution in [0.2, 0.25) is 0 Å². The van der Waals surface area contributed by atoms with Crippen LogP contribution in [0.4, 0.5) is 0 Å². The van der Waals surface area contributed by atoms with E-state index in [1.54, 1.807) is 21.1 Å². The summed E-state index contributed by atoms with van der Waals surface area (Å²) in [6.07, 6.45) is 34.8. The van der Waals surface area contributed by atoms with E-state index in [1.807, 2.05) is 0 Å². The number of unbranched alkanes of at least 4 members (excludes halogenated alkanes) is 18. The van der Waals surface area contributed by atoms with Crippen LogP contribution in [-0.2, 0) is 28.6 Å². The highest BCUT2D eigenvalue weighted by molar-refractivity contribution is 5.70. The number of carbonyl (C=O) groups excluding carboxylic acids is 3. The van der Waals surface area contributed by atoms with Gasteiger partial charge in [0.2, 0.25) is 0 Å². The number of aliphatic carboxylic acids is 1. The second kappa shape index (κ2) is 33.9. The van der Waals surface area contributed by atoms with Gasteiger partial charge in [-0.25, -0.2) is 0 Å². The maximum Gasteiger partial charge on any atom is 0.306 e. The van der Waals surface area contributed by atoms with Crippen molar-refractivity contribution in [3.8, 4) is 0 Å². The van der Waals surface area contributed by atoms with Gasteiger partial charge in [-0.15, -0.1) is 0 Å². The molecule has 0 rings (SSSR count). The van der Waals surface area contributed by atoms with Crippen molar-refractivity contribution in [1.29, 1.82) is 0 Å². The molecule has 292 valence electrons. The highest BCUT2D eigenvalue weighted by atomic mass is 16.6. The van der Waals surface area contributed by atoms with Crippen molar-refractivity contribution in [1.82, 2.24) is 0 Å². The van der Waals surface area contributed by atoms with Gasteiger partial charge in [0.1, 0.15) is 12.6 Å². The lowest BCUT2D eigenvalue weighted by Crippen LogP contribution is -2.55. The van der Waals surface area contributed by atoms with E-state index in [9.17, 15) is 19.5 Å². The number of carboxylic acid groups (broad SMARTS) is 1. The van der Waals surface area contributed by atoms with Crippen molar-refractivity contribution >= 4 is 17.9 Å². The Bertz CT molecular complexity index is 880. The fraction of sp³-hybridized carbons (Fsp3) is 0.833. The molecule has 0 aromatic rings. The smallest absolute Gasteiger partial charge is 0.306 e. The molecule has 0 spiro atoms. The maximum absolute atomic E-state index is 12.7. The average molecular weight is 708 g/mol. The van der Waals surface area contributed by atoms with E-state index in [0.717, 1.165) is 64.2 Å². The Morgan fingerprint density at radius 3 is 1.50 bits per heavy atom. The van der Waals surface area contributed by atoms with Crippen LogP contribution in [0.1, 0.15) is 174 Å². The summed E-state index contributed by atoms with van der Waals surface area (Å²) in [6, 6.07) is -0.726. The molecule has 0 aromatic heterocycles. The zero-order chi connectivity index (χ0) is 37.1. The van der Waals surface area contributed by atoms with Crippen LogP contribution in [0.15, 0.2) is 24.3 Å². The highest BCUT2D eigenvalue weighted by Gasteiger charge is 2.25. The summed E-state index contributed by atoms with van der Waals surface area (Å²) in [5.74, 6) is -1.77. The first-order valence-electron chi connectivity index (χ1n) is 20.4. The molecule has 50 heavy (non-hydrogen) atoms. The van der Waals surface area contributed by atoms with Gasteiger partial charge < -0.3 is 28.6 Å². The Morgan fingerprint density at radius 2 is 1.00 bits per heavy atom. The van der Waals surface area contributed by atoms with Crippen molar-refractivity contribution in [2.24, 2.45) is 0 Å². The summed E-state index contributed by atoms with van der Waals surface area (Å²) in [5.41, 5.74) is 0. The number of rotatable bonds is 36. The number of hydrogen-bond donors (Lipinski definition) is 0. The molecule has 0 N–H and O–H groups in total. The molecule has 0 aliphatic carbocycles. The quantitative estimate of drug-likeness (QED) is 0.0277. The van der Waals surface area contributed by atoms with Crippen LogP contribution >= 0.6 is 0 Å². The zero-order valence-electron chi connectivity index (χ0n) is 33.1. The van der Waals surface area contributed by atoms with Gasteiger partial charge in [0, 0.05) is 19.3 Å². The van der Waals surface area contributed by atoms with Gasteiger partial charge in [0.15, 0.2) is 6.10 Å². The largest absolute Gasteiger partial charge is 0.544 e. The molecule has 0 aromatic carbocycles. The number of quaternary nitrogens is 1.